The maximum atomic E-state index is 12.6. The normalized spacial score (nSPS) is 17.2. The summed E-state index contributed by atoms with van der Waals surface area (Å²) in [7, 11) is -3.37. The van der Waals surface area contributed by atoms with Crippen LogP contribution in [0.25, 0.3) is 0 Å². The summed E-state index contributed by atoms with van der Waals surface area (Å²) in [5.74, 6) is 0.243. The van der Waals surface area contributed by atoms with Gasteiger partial charge in [-0.25, -0.2) is 13.4 Å². The molecule has 1 amide bonds. The fourth-order valence-electron chi connectivity index (χ4n) is 3.09. The molecule has 9 heteroatoms. The Morgan fingerprint density at radius 3 is 2.43 bits per heavy atom. The van der Waals surface area contributed by atoms with Gasteiger partial charge in [0.1, 0.15) is 5.82 Å². The van der Waals surface area contributed by atoms with E-state index in [1.54, 1.807) is 19.1 Å². The van der Waals surface area contributed by atoms with E-state index in [-0.39, 0.29) is 11.7 Å². The van der Waals surface area contributed by atoms with Gasteiger partial charge in [0.15, 0.2) is 0 Å². The number of halogens is 1. The van der Waals surface area contributed by atoms with Crippen molar-refractivity contribution in [3.63, 3.8) is 0 Å². The molecule has 1 fully saturated rings. The summed E-state index contributed by atoms with van der Waals surface area (Å²) >= 11 is 5.80. The highest BCUT2D eigenvalue weighted by molar-refractivity contribution is 7.88. The first-order chi connectivity index (χ1) is 13.3. The van der Waals surface area contributed by atoms with Crippen molar-refractivity contribution >= 4 is 33.3 Å². The summed E-state index contributed by atoms with van der Waals surface area (Å²) in [5, 5.41) is 3.26. The quantitative estimate of drug-likeness (QED) is 0.771. The molecule has 0 radical (unpaired) electrons. The lowest BCUT2D eigenvalue weighted by molar-refractivity contribution is -0.121. The van der Waals surface area contributed by atoms with Gasteiger partial charge in [0, 0.05) is 32.4 Å². The second-order valence-corrected chi connectivity index (χ2v) is 9.11. The minimum absolute atomic E-state index is 0.00782. The van der Waals surface area contributed by atoms with Crippen molar-refractivity contribution in [1.82, 2.24) is 14.2 Å². The number of carbonyl (C=O) groups is 1. The molecule has 150 valence electrons. The molecule has 0 unspecified atom stereocenters. The number of hydrogen-bond donors (Lipinski definition) is 1. The highest BCUT2D eigenvalue weighted by Crippen LogP contribution is 2.16. The molecule has 28 heavy (non-hydrogen) atoms. The van der Waals surface area contributed by atoms with Crippen molar-refractivity contribution < 1.29 is 13.2 Å². The zero-order chi connectivity index (χ0) is 20.1. The van der Waals surface area contributed by atoms with Gasteiger partial charge in [-0.2, -0.15) is 4.31 Å². The first-order valence-corrected chi connectivity index (χ1v) is 11.0. The van der Waals surface area contributed by atoms with E-state index in [1.807, 2.05) is 35.2 Å². The first-order valence-electron chi connectivity index (χ1n) is 9.03. The average molecular weight is 423 g/mol. The largest absolute Gasteiger partial charge is 0.309 e. The molecule has 1 atom stereocenters. The molecule has 7 nitrogen and oxygen atoms in total. The van der Waals surface area contributed by atoms with E-state index in [1.165, 1.54) is 10.5 Å². The lowest BCUT2D eigenvalue weighted by Gasteiger charge is -2.36. The fourth-order valence-corrected chi connectivity index (χ4v) is 4.72. The van der Waals surface area contributed by atoms with Crippen LogP contribution in [-0.4, -0.2) is 60.7 Å². The van der Waals surface area contributed by atoms with Crippen molar-refractivity contribution in [2.45, 2.75) is 18.7 Å². The van der Waals surface area contributed by atoms with Gasteiger partial charge in [0.25, 0.3) is 0 Å². The molecular weight excluding hydrogens is 400 g/mol. The molecule has 1 aliphatic rings. The van der Waals surface area contributed by atoms with E-state index in [0.717, 1.165) is 5.56 Å². The van der Waals surface area contributed by atoms with Gasteiger partial charge in [-0.05, 0) is 24.6 Å². The zero-order valence-corrected chi connectivity index (χ0v) is 17.2. The van der Waals surface area contributed by atoms with E-state index >= 15 is 0 Å². The Hall–Kier alpha value is -2.00. The predicted octanol–water partition coefficient (Wildman–Crippen LogP) is 2.21. The summed E-state index contributed by atoms with van der Waals surface area (Å²) in [6.45, 7) is 3.53. The highest BCUT2D eigenvalue weighted by Gasteiger charge is 2.31. The van der Waals surface area contributed by atoms with E-state index in [9.17, 15) is 13.2 Å². The van der Waals surface area contributed by atoms with E-state index in [2.05, 4.69) is 10.3 Å². The van der Waals surface area contributed by atoms with Gasteiger partial charge in [-0.3, -0.25) is 9.69 Å². The Kier molecular flexibility index (Phi) is 6.66. The van der Waals surface area contributed by atoms with Crippen molar-refractivity contribution in [2.24, 2.45) is 0 Å². The van der Waals surface area contributed by atoms with Crippen LogP contribution in [0.2, 0.25) is 5.02 Å². The number of pyridine rings is 1. The number of anilines is 1. The number of sulfonamides is 1. The third-order valence-corrected chi connectivity index (χ3v) is 6.84. The standard InChI is InChI=1S/C19H23ClN4O3S/c1-15(19(25)22-18-8-7-17(20)13-21-18)23-9-11-24(12-10-23)28(26,27)14-16-5-3-2-4-6-16/h2-8,13,15H,9-12,14H2,1H3,(H,21,22,25)/t15-/m0/s1. The second kappa shape index (κ2) is 9.00. The minimum atomic E-state index is -3.37. The smallest absolute Gasteiger partial charge is 0.242 e. The number of rotatable bonds is 6. The van der Waals surface area contributed by atoms with Crippen LogP contribution in [0.4, 0.5) is 5.82 Å². The Bertz CT molecular complexity index is 899. The van der Waals surface area contributed by atoms with Crippen molar-refractivity contribution in [3.8, 4) is 0 Å². The number of hydrogen-bond acceptors (Lipinski definition) is 5. The molecule has 1 N–H and O–H groups in total. The lowest BCUT2D eigenvalue weighted by Crippen LogP contribution is -2.54. The Morgan fingerprint density at radius 1 is 1.14 bits per heavy atom. The van der Waals surface area contributed by atoms with Gasteiger partial charge in [-0.1, -0.05) is 41.9 Å². The van der Waals surface area contributed by atoms with Crippen LogP contribution in [-0.2, 0) is 20.6 Å². The topological polar surface area (TPSA) is 82.6 Å². The zero-order valence-electron chi connectivity index (χ0n) is 15.6. The Balaban J connectivity index is 1.53. The molecule has 1 saturated heterocycles. The monoisotopic (exact) mass is 422 g/mol. The van der Waals surface area contributed by atoms with Crippen LogP contribution < -0.4 is 5.32 Å². The molecule has 2 heterocycles. The van der Waals surface area contributed by atoms with Gasteiger partial charge >= 0.3 is 0 Å². The van der Waals surface area contributed by atoms with Crippen LogP contribution in [0.5, 0.6) is 0 Å². The molecule has 0 aliphatic carbocycles. The molecular formula is C19H23ClN4O3S. The van der Waals surface area contributed by atoms with Crippen LogP contribution >= 0.6 is 11.6 Å². The molecule has 0 saturated carbocycles. The summed E-state index contributed by atoms with van der Waals surface area (Å²) in [4.78, 5) is 18.5. The van der Waals surface area contributed by atoms with Gasteiger partial charge in [-0.15, -0.1) is 0 Å². The summed E-state index contributed by atoms with van der Waals surface area (Å²) < 4.78 is 26.8. The van der Waals surface area contributed by atoms with Gasteiger partial charge in [0.2, 0.25) is 15.9 Å². The highest BCUT2D eigenvalue weighted by atomic mass is 35.5. The number of nitrogens with zero attached hydrogens (tertiary/aromatic N) is 3. The van der Waals surface area contributed by atoms with Crippen molar-refractivity contribution in [3.05, 3.63) is 59.2 Å². The molecule has 0 spiro atoms. The van der Waals surface area contributed by atoms with Crippen LogP contribution in [0.15, 0.2) is 48.7 Å². The van der Waals surface area contributed by atoms with Gasteiger partial charge < -0.3 is 5.32 Å². The van der Waals surface area contributed by atoms with E-state index in [4.69, 9.17) is 11.6 Å². The molecule has 1 aromatic carbocycles. The molecule has 3 rings (SSSR count). The molecule has 1 aliphatic heterocycles. The second-order valence-electron chi connectivity index (χ2n) is 6.70. The van der Waals surface area contributed by atoms with Crippen LogP contribution in [0.3, 0.4) is 0 Å². The van der Waals surface area contributed by atoms with Gasteiger partial charge in [0.05, 0.1) is 16.8 Å². The molecule has 2 aromatic rings. The number of benzene rings is 1. The van der Waals surface area contributed by atoms with Crippen molar-refractivity contribution in [2.75, 3.05) is 31.5 Å². The maximum Gasteiger partial charge on any atom is 0.242 e. The summed E-state index contributed by atoms with van der Waals surface area (Å²) in [6.07, 6.45) is 1.47. The van der Waals surface area contributed by atoms with E-state index < -0.39 is 16.1 Å². The number of nitrogens with one attached hydrogen (secondary N) is 1. The summed E-state index contributed by atoms with van der Waals surface area (Å²) in [5.41, 5.74) is 0.771. The number of amides is 1. The van der Waals surface area contributed by atoms with E-state index in [0.29, 0.717) is 37.0 Å². The lowest BCUT2D eigenvalue weighted by atomic mass is 10.2. The Morgan fingerprint density at radius 2 is 1.82 bits per heavy atom. The average Bonchev–Trinajstić information content (AvgIpc) is 2.69. The first kappa shape index (κ1) is 20.7. The maximum absolute atomic E-state index is 12.6. The number of aromatic nitrogens is 1. The Labute approximate surface area is 170 Å². The minimum Gasteiger partial charge on any atom is -0.309 e. The predicted molar refractivity (Wildman–Crippen MR) is 110 cm³/mol. The number of piperazine rings is 1. The van der Waals surface area contributed by atoms with Crippen molar-refractivity contribution in [1.29, 1.82) is 0 Å². The fraction of sp³-hybridized carbons (Fsp3) is 0.368. The third kappa shape index (κ3) is 5.29. The SMILES string of the molecule is C[C@@H](C(=O)Nc1ccc(Cl)cn1)N1CCN(S(=O)(=O)Cc2ccccc2)CC1. The molecule has 0 bridgehead atoms. The number of carbonyl (C=O) groups excluding carboxylic acids is 1. The van der Waals surface area contributed by atoms with Crippen LogP contribution in [0.1, 0.15) is 12.5 Å². The summed E-state index contributed by atoms with van der Waals surface area (Å²) in [6, 6.07) is 12.1. The van der Waals surface area contributed by atoms with Crippen LogP contribution in [0, 0.1) is 0 Å². The third-order valence-electron chi connectivity index (χ3n) is 4.76. The molecule has 1 aromatic heterocycles.